The van der Waals surface area contributed by atoms with Crippen LogP contribution in [-0.4, -0.2) is 29.6 Å². The third-order valence-corrected chi connectivity index (χ3v) is 2.93. The van der Waals surface area contributed by atoms with Crippen molar-refractivity contribution < 1.29 is 0 Å². The second-order valence-electron chi connectivity index (χ2n) is 3.97. The van der Waals surface area contributed by atoms with E-state index in [1.54, 1.807) is 0 Å². The van der Waals surface area contributed by atoms with Crippen LogP contribution in [0.15, 0.2) is 6.07 Å². The molecule has 0 unspecified atom stereocenters. The molecule has 0 aromatic carbocycles. The summed E-state index contributed by atoms with van der Waals surface area (Å²) in [5.41, 5.74) is 6.55. The van der Waals surface area contributed by atoms with Gasteiger partial charge in [0.15, 0.2) is 0 Å². The van der Waals surface area contributed by atoms with E-state index in [0.29, 0.717) is 11.2 Å². The number of anilines is 1. The number of hydrogen-bond donors (Lipinski definition) is 1. The van der Waals surface area contributed by atoms with Crippen molar-refractivity contribution >= 4 is 17.4 Å². The molecule has 0 saturated carbocycles. The first-order valence-corrected chi connectivity index (χ1v) is 5.53. The van der Waals surface area contributed by atoms with Crippen molar-refractivity contribution in [2.45, 2.75) is 13.3 Å². The molecular weight excluding hydrogens is 212 g/mol. The number of aromatic nitrogens is 2. The van der Waals surface area contributed by atoms with Gasteiger partial charge in [-0.25, -0.2) is 9.97 Å². The van der Waals surface area contributed by atoms with Gasteiger partial charge < -0.3 is 10.6 Å². The monoisotopic (exact) mass is 226 g/mol. The first-order valence-electron chi connectivity index (χ1n) is 5.15. The predicted octanol–water partition coefficient (Wildman–Crippen LogP) is 1.22. The SMILES string of the molecule is Cc1cc(N2CC[C@@H](CN)C2)nc(Cl)n1. The molecule has 82 valence electrons. The summed E-state index contributed by atoms with van der Waals surface area (Å²) in [4.78, 5) is 10.5. The van der Waals surface area contributed by atoms with Gasteiger partial charge >= 0.3 is 0 Å². The molecule has 0 spiro atoms. The van der Waals surface area contributed by atoms with E-state index >= 15 is 0 Å². The van der Waals surface area contributed by atoms with Crippen LogP contribution in [0, 0.1) is 12.8 Å². The lowest BCUT2D eigenvalue weighted by Crippen LogP contribution is -2.23. The van der Waals surface area contributed by atoms with Crippen molar-refractivity contribution in [3.05, 3.63) is 17.0 Å². The maximum Gasteiger partial charge on any atom is 0.224 e. The van der Waals surface area contributed by atoms with Crippen LogP contribution in [0.2, 0.25) is 5.28 Å². The molecule has 0 amide bonds. The van der Waals surface area contributed by atoms with E-state index in [0.717, 1.165) is 37.6 Å². The first-order chi connectivity index (χ1) is 7.19. The number of hydrogen-bond acceptors (Lipinski definition) is 4. The minimum absolute atomic E-state index is 0.321. The molecule has 2 N–H and O–H groups in total. The molecule has 2 heterocycles. The minimum Gasteiger partial charge on any atom is -0.356 e. The average molecular weight is 227 g/mol. The predicted molar refractivity (Wildman–Crippen MR) is 61.2 cm³/mol. The van der Waals surface area contributed by atoms with E-state index in [9.17, 15) is 0 Å². The van der Waals surface area contributed by atoms with Gasteiger partial charge in [0.1, 0.15) is 5.82 Å². The lowest BCUT2D eigenvalue weighted by molar-refractivity contribution is 0.602. The number of nitrogens with two attached hydrogens (primary N) is 1. The molecule has 0 aliphatic carbocycles. The Labute approximate surface area is 94.5 Å². The van der Waals surface area contributed by atoms with Crippen LogP contribution >= 0.6 is 11.6 Å². The second kappa shape index (κ2) is 4.33. The lowest BCUT2D eigenvalue weighted by atomic mass is 10.1. The molecule has 1 aliphatic rings. The summed E-state index contributed by atoms with van der Waals surface area (Å²) < 4.78 is 0. The molecule has 0 bridgehead atoms. The van der Waals surface area contributed by atoms with Crippen molar-refractivity contribution in [3.8, 4) is 0 Å². The molecule has 5 heteroatoms. The highest BCUT2D eigenvalue weighted by Gasteiger charge is 2.22. The topological polar surface area (TPSA) is 55.0 Å². The van der Waals surface area contributed by atoms with Crippen LogP contribution in [-0.2, 0) is 0 Å². The van der Waals surface area contributed by atoms with Gasteiger partial charge in [-0.3, -0.25) is 0 Å². The van der Waals surface area contributed by atoms with Crippen LogP contribution in [0.25, 0.3) is 0 Å². The van der Waals surface area contributed by atoms with Gasteiger partial charge in [0, 0.05) is 24.8 Å². The number of nitrogens with zero attached hydrogens (tertiary/aromatic N) is 3. The molecule has 1 saturated heterocycles. The van der Waals surface area contributed by atoms with Crippen LogP contribution < -0.4 is 10.6 Å². The Hall–Kier alpha value is -0.870. The zero-order valence-corrected chi connectivity index (χ0v) is 9.54. The number of halogens is 1. The van der Waals surface area contributed by atoms with Gasteiger partial charge in [0.2, 0.25) is 5.28 Å². The van der Waals surface area contributed by atoms with Gasteiger partial charge in [-0.1, -0.05) is 0 Å². The molecule has 2 rings (SSSR count). The summed E-state index contributed by atoms with van der Waals surface area (Å²) >= 11 is 5.83. The third kappa shape index (κ3) is 2.38. The summed E-state index contributed by atoms with van der Waals surface area (Å²) in [6.45, 7) is 4.65. The maximum atomic E-state index is 5.83. The van der Waals surface area contributed by atoms with E-state index in [2.05, 4.69) is 14.9 Å². The standard InChI is InChI=1S/C10H15ClN4/c1-7-4-9(14-10(11)13-7)15-3-2-8(5-12)6-15/h4,8H,2-3,5-6,12H2,1H3/t8-/m0/s1. The third-order valence-electron chi connectivity index (χ3n) is 2.76. The zero-order valence-electron chi connectivity index (χ0n) is 8.78. The maximum absolute atomic E-state index is 5.83. The van der Waals surface area contributed by atoms with Crippen LogP contribution in [0.3, 0.4) is 0 Å². The fourth-order valence-electron chi connectivity index (χ4n) is 1.91. The Balaban J connectivity index is 2.16. The summed E-state index contributed by atoms with van der Waals surface area (Å²) in [5, 5.41) is 0.321. The van der Waals surface area contributed by atoms with Gasteiger partial charge in [-0.05, 0) is 37.4 Å². The van der Waals surface area contributed by atoms with E-state index in [1.807, 2.05) is 13.0 Å². The average Bonchev–Trinajstić information content (AvgIpc) is 2.64. The molecule has 4 nitrogen and oxygen atoms in total. The summed E-state index contributed by atoms with van der Waals surface area (Å²) in [6.07, 6.45) is 1.14. The van der Waals surface area contributed by atoms with Crippen LogP contribution in [0.4, 0.5) is 5.82 Å². The second-order valence-corrected chi connectivity index (χ2v) is 4.31. The molecule has 1 aromatic rings. The Morgan fingerprint density at radius 2 is 2.40 bits per heavy atom. The Bertz CT molecular complexity index is 335. The molecule has 1 fully saturated rings. The van der Waals surface area contributed by atoms with E-state index < -0.39 is 0 Å². The van der Waals surface area contributed by atoms with Gasteiger partial charge in [-0.2, -0.15) is 0 Å². The normalized spacial score (nSPS) is 21.0. The van der Waals surface area contributed by atoms with E-state index in [-0.39, 0.29) is 0 Å². The van der Waals surface area contributed by atoms with Crippen molar-refractivity contribution in [1.29, 1.82) is 0 Å². The van der Waals surface area contributed by atoms with Crippen LogP contribution in [0.5, 0.6) is 0 Å². The Morgan fingerprint density at radius 3 is 3.00 bits per heavy atom. The Morgan fingerprint density at radius 1 is 1.60 bits per heavy atom. The van der Waals surface area contributed by atoms with Crippen molar-refractivity contribution in [1.82, 2.24) is 9.97 Å². The fraction of sp³-hybridized carbons (Fsp3) is 0.600. The van der Waals surface area contributed by atoms with E-state index in [4.69, 9.17) is 17.3 Å². The summed E-state index contributed by atoms with van der Waals surface area (Å²) in [6, 6.07) is 1.96. The van der Waals surface area contributed by atoms with Gasteiger partial charge in [0.25, 0.3) is 0 Å². The molecule has 1 aromatic heterocycles. The highest BCUT2D eigenvalue weighted by atomic mass is 35.5. The Kier molecular flexibility index (Phi) is 3.07. The van der Waals surface area contributed by atoms with E-state index in [1.165, 1.54) is 0 Å². The highest BCUT2D eigenvalue weighted by molar-refractivity contribution is 6.28. The van der Waals surface area contributed by atoms with Crippen molar-refractivity contribution in [2.24, 2.45) is 11.7 Å². The van der Waals surface area contributed by atoms with Crippen molar-refractivity contribution in [2.75, 3.05) is 24.5 Å². The first kappa shape index (κ1) is 10.6. The smallest absolute Gasteiger partial charge is 0.224 e. The van der Waals surface area contributed by atoms with Crippen molar-refractivity contribution in [3.63, 3.8) is 0 Å². The summed E-state index contributed by atoms with van der Waals surface area (Å²) in [7, 11) is 0. The lowest BCUT2D eigenvalue weighted by Gasteiger charge is -2.17. The molecular formula is C10H15ClN4. The zero-order chi connectivity index (χ0) is 10.8. The minimum atomic E-state index is 0.321. The fourth-order valence-corrected chi connectivity index (χ4v) is 2.13. The highest BCUT2D eigenvalue weighted by Crippen LogP contribution is 2.22. The molecule has 0 radical (unpaired) electrons. The molecule has 15 heavy (non-hydrogen) atoms. The number of aryl methyl sites for hydroxylation is 1. The van der Waals surface area contributed by atoms with Gasteiger partial charge in [0.05, 0.1) is 0 Å². The van der Waals surface area contributed by atoms with Gasteiger partial charge in [-0.15, -0.1) is 0 Å². The van der Waals surface area contributed by atoms with Crippen LogP contribution in [0.1, 0.15) is 12.1 Å². The number of rotatable bonds is 2. The summed E-state index contributed by atoms with van der Waals surface area (Å²) in [5.74, 6) is 1.50. The quantitative estimate of drug-likeness (QED) is 0.771. The largest absolute Gasteiger partial charge is 0.356 e. The molecule has 1 atom stereocenters. The molecule has 1 aliphatic heterocycles.